The van der Waals surface area contributed by atoms with Crippen LogP contribution in [0, 0.1) is 6.92 Å². The van der Waals surface area contributed by atoms with Gasteiger partial charge in [-0.05, 0) is 42.8 Å². The lowest BCUT2D eigenvalue weighted by Crippen LogP contribution is -2.01. The molecule has 0 bridgehead atoms. The van der Waals surface area contributed by atoms with Crippen LogP contribution in [-0.4, -0.2) is 14.5 Å². The van der Waals surface area contributed by atoms with Gasteiger partial charge in [-0.2, -0.15) is 0 Å². The van der Waals surface area contributed by atoms with E-state index in [0.29, 0.717) is 5.95 Å². The molecule has 4 aromatic rings. The highest BCUT2D eigenvalue weighted by molar-refractivity contribution is 5.87. The van der Waals surface area contributed by atoms with E-state index in [9.17, 15) is 0 Å². The molecule has 2 aromatic carbocycles. The summed E-state index contributed by atoms with van der Waals surface area (Å²) in [5.74, 6) is 0.684. The van der Waals surface area contributed by atoms with E-state index in [2.05, 4.69) is 70.0 Å². The summed E-state index contributed by atoms with van der Waals surface area (Å²) in [5, 5.41) is 1.19. The number of aromatic nitrogens is 3. The lowest BCUT2D eigenvalue weighted by atomic mass is 10.2. The number of nitrogens with zero attached hydrogens (tertiary/aromatic N) is 3. The van der Waals surface area contributed by atoms with Gasteiger partial charge < -0.3 is 0 Å². The van der Waals surface area contributed by atoms with Gasteiger partial charge in [-0.25, -0.2) is 9.97 Å². The number of fused-ring (bicyclic) bond motifs is 1. The van der Waals surface area contributed by atoms with Crippen molar-refractivity contribution in [2.24, 2.45) is 0 Å². The van der Waals surface area contributed by atoms with Crippen LogP contribution in [0.15, 0.2) is 73.1 Å². The predicted octanol–water partition coefficient (Wildman–Crippen LogP) is 4.90. The van der Waals surface area contributed by atoms with E-state index in [4.69, 9.17) is 0 Å². The molecule has 0 amide bonds. The third-order valence-corrected chi connectivity index (χ3v) is 3.98. The highest BCUT2D eigenvalue weighted by atomic mass is 15.1. The lowest BCUT2D eigenvalue weighted by molar-refractivity contribution is 0.953. The lowest BCUT2D eigenvalue weighted by Gasteiger charge is -2.06. The van der Waals surface area contributed by atoms with Gasteiger partial charge >= 0.3 is 0 Å². The van der Waals surface area contributed by atoms with Gasteiger partial charge in [0.05, 0.1) is 5.52 Å². The van der Waals surface area contributed by atoms with Gasteiger partial charge in [-0.15, -0.1) is 0 Å². The highest BCUT2D eigenvalue weighted by Gasteiger charge is 2.10. The summed E-state index contributed by atoms with van der Waals surface area (Å²) in [4.78, 5) is 8.85. The molecule has 0 saturated heterocycles. The standard InChI is InChI=1S/C21H17N3/c1-16-8-11-20-18(14-16)15-19(10-9-17-6-3-2-4-7-17)24(20)21-22-12-5-13-23-21/h2-15H,1H3/b10-9+. The van der Waals surface area contributed by atoms with Gasteiger partial charge in [0.25, 0.3) is 0 Å². The Labute approximate surface area is 140 Å². The van der Waals surface area contributed by atoms with Crippen LogP contribution in [0.1, 0.15) is 16.8 Å². The number of benzene rings is 2. The second-order valence-corrected chi connectivity index (χ2v) is 5.76. The zero-order chi connectivity index (χ0) is 16.4. The Balaban J connectivity index is 1.89. The second kappa shape index (κ2) is 6.13. The van der Waals surface area contributed by atoms with Crippen LogP contribution < -0.4 is 0 Å². The first-order chi connectivity index (χ1) is 11.8. The van der Waals surface area contributed by atoms with E-state index < -0.39 is 0 Å². The average molecular weight is 311 g/mol. The second-order valence-electron chi connectivity index (χ2n) is 5.76. The van der Waals surface area contributed by atoms with Gasteiger partial charge in [0, 0.05) is 23.5 Å². The van der Waals surface area contributed by atoms with E-state index in [-0.39, 0.29) is 0 Å². The van der Waals surface area contributed by atoms with Crippen molar-refractivity contribution >= 4 is 23.1 Å². The van der Waals surface area contributed by atoms with E-state index in [1.165, 1.54) is 16.5 Å². The van der Waals surface area contributed by atoms with Crippen molar-refractivity contribution in [3.05, 3.63) is 89.9 Å². The monoisotopic (exact) mass is 311 g/mol. The van der Waals surface area contributed by atoms with Crippen molar-refractivity contribution < 1.29 is 0 Å². The molecule has 0 aliphatic rings. The van der Waals surface area contributed by atoms with Crippen LogP contribution >= 0.6 is 0 Å². The molecular weight excluding hydrogens is 294 g/mol. The molecule has 3 nitrogen and oxygen atoms in total. The fourth-order valence-corrected chi connectivity index (χ4v) is 2.85. The fraction of sp³-hybridized carbons (Fsp3) is 0.0476. The molecule has 0 aliphatic heterocycles. The molecule has 0 spiro atoms. The minimum Gasteiger partial charge on any atom is -0.279 e. The zero-order valence-corrected chi connectivity index (χ0v) is 13.4. The third kappa shape index (κ3) is 2.72. The summed E-state index contributed by atoms with van der Waals surface area (Å²) in [7, 11) is 0. The Kier molecular flexibility index (Phi) is 3.67. The summed E-state index contributed by atoms with van der Waals surface area (Å²) in [6.07, 6.45) is 7.77. The largest absolute Gasteiger partial charge is 0.279 e. The Morgan fingerprint density at radius 1 is 0.833 bits per heavy atom. The van der Waals surface area contributed by atoms with Crippen LogP contribution in [0.4, 0.5) is 0 Å². The zero-order valence-electron chi connectivity index (χ0n) is 13.4. The van der Waals surface area contributed by atoms with Crippen molar-refractivity contribution in [3.8, 4) is 5.95 Å². The number of hydrogen-bond acceptors (Lipinski definition) is 2. The van der Waals surface area contributed by atoms with E-state index >= 15 is 0 Å². The third-order valence-electron chi connectivity index (χ3n) is 3.98. The molecular formula is C21H17N3. The Morgan fingerprint density at radius 2 is 1.62 bits per heavy atom. The molecule has 0 atom stereocenters. The molecule has 4 rings (SSSR count). The van der Waals surface area contributed by atoms with Gasteiger partial charge in [0.2, 0.25) is 5.95 Å². The molecule has 0 aliphatic carbocycles. The normalized spacial score (nSPS) is 11.4. The maximum Gasteiger partial charge on any atom is 0.234 e. The van der Waals surface area contributed by atoms with Crippen LogP contribution in [0.25, 0.3) is 29.0 Å². The average Bonchev–Trinajstić information content (AvgIpc) is 2.99. The summed E-state index contributed by atoms with van der Waals surface area (Å²) < 4.78 is 2.09. The van der Waals surface area contributed by atoms with E-state index in [0.717, 1.165) is 11.2 Å². The van der Waals surface area contributed by atoms with Crippen molar-refractivity contribution in [1.82, 2.24) is 14.5 Å². The molecule has 0 N–H and O–H groups in total. The van der Waals surface area contributed by atoms with Gasteiger partial charge in [0.1, 0.15) is 0 Å². The minimum atomic E-state index is 0.684. The topological polar surface area (TPSA) is 30.7 Å². The molecule has 0 fully saturated rings. The first-order valence-corrected chi connectivity index (χ1v) is 7.94. The molecule has 3 heteroatoms. The van der Waals surface area contributed by atoms with E-state index in [1.54, 1.807) is 12.4 Å². The maximum absolute atomic E-state index is 4.43. The molecule has 0 saturated carbocycles. The number of rotatable bonds is 3. The fourth-order valence-electron chi connectivity index (χ4n) is 2.85. The van der Waals surface area contributed by atoms with Crippen molar-refractivity contribution in [2.45, 2.75) is 6.92 Å². The molecule has 0 radical (unpaired) electrons. The van der Waals surface area contributed by atoms with E-state index in [1.807, 2.05) is 24.3 Å². The Bertz CT molecular complexity index is 999. The Hall–Kier alpha value is -3.20. The summed E-state index contributed by atoms with van der Waals surface area (Å²) >= 11 is 0. The molecule has 2 aromatic heterocycles. The molecule has 116 valence electrons. The number of hydrogen-bond donors (Lipinski definition) is 0. The molecule has 0 unspecified atom stereocenters. The van der Waals surface area contributed by atoms with Gasteiger partial charge in [-0.3, -0.25) is 4.57 Å². The van der Waals surface area contributed by atoms with Crippen molar-refractivity contribution in [1.29, 1.82) is 0 Å². The predicted molar refractivity (Wildman–Crippen MR) is 99.0 cm³/mol. The summed E-state index contributed by atoms with van der Waals surface area (Å²) in [6, 6.07) is 20.7. The maximum atomic E-state index is 4.43. The first kappa shape index (κ1) is 14.4. The Morgan fingerprint density at radius 3 is 2.42 bits per heavy atom. The van der Waals surface area contributed by atoms with Crippen LogP contribution in [-0.2, 0) is 0 Å². The summed E-state index contributed by atoms with van der Waals surface area (Å²) in [6.45, 7) is 2.11. The highest BCUT2D eigenvalue weighted by Crippen LogP contribution is 2.25. The smallest absolute Gasteiger partial charge is 0.234 e. The van der Waals surface area contributed by atoms with Crippen LogP contribution in [0.3, 0.4) is 0 Å². The first-order valence-electron chi connectivity index (χ1n) is 7.94. The van der Waals surface area contributed by atoms with Gasteiger partial charge in [-0.1, -0.05) is 48.0 Å². The van der Waals surface area contributed by atoms with Gasteiger partial charge in [0.15, 0.2) is 0 Å². The molecule has 2 heterocycles. The van der Waals surface area contributed by atoms with Crippen molar-refractivity contribution in [3.63, 3.8) is 0 Å². The van der Waals surface area contributed by atoms with Crippen LogP contribution in [0.2, 0.25) is 0 Å². The quantitative estimate of drug-likeness (QED) is 0.539. The van der Waals surface area contributed by atoms with Crippen molar-refractivity contribution in [2.75, 3.05) is 0 Å². The molecule has 24 heavy (non-hydrogen) atoms. The number of aryl methyl sites for hydroxylation is 1. The SMILES string of the molecule is Cc1ccc2c(c1)cc(/C=C/c1ccccc1)n2-c1ncccn1. The minimum absolute atomic E-state index is 0.684. The summed E-state index contributed by atoms with van der Waals surface area (Å²) in [5.41, 5.74) is 4.58. The van der Waals surface area contributed by atoms with Crippen LogP contribution in [0.5, 0.6) is 0 Å².